The Morgan fingerprint density at radius 3 is 2.64 bits per heavy atom. The summed E-state index contributed by atoms with van der Waals surface area (Å²) in [5.41, 5.74) is 1.50. The first-order valence-corrected chi connectivity index (χ1v) is 6.00. The standard InChI is InChI=1S/C13H14O/c1-4-9-6-3-8(14)13-10(4)12-7(9)2-5(6)11(12)13/h5-7,9-13H,1-3H2. The predicted octanol–water partition coefficient (Wildman–Crippen LogP) is 1.89. The zero-order chi connectivity index (χ0) is 9.19. The van der Waals surface area contributed by atoms with Crippen LogP contribution in [-0.2, 0) is 4.79 Å². The van der Waals surface area contributed by atoms with Gasteiger partial charge in [-0.15, -0.1) is 0 Å². The zero-order valence-electron chi connectivity index (χ0n) is 8.15. The second-order valence-electron chi connectivity index (χ2n) is 6.20. The van der Waals surface area contributed by atoms with E-state index in [1.807, 2.05) is 0 Å². The Hall–Kier alpha value is -0.590. The lowest BCUT2D eigenvalue weighted by Gasteiger charge is -2.53. The monoisotopic (exact) mass is 186 g/mol. The van der Waals surface area contributed by atoms with Gasteiger partial charge in [-0.3, -0.25) is 4.79 Å². The molecule has 0 aromatic rings. The van der Waals surface area contributed by atoms with Crippen LogP contribution in [0, 0.1) is 47.3 Å². The second-order valence-corrected chi connectivity index (χ2v) is 6.20. The third kappa shape index (κ3) is 0.403. The van der Waals surface area contributed by atoms with Gasteiger partial charge in [-0.05, 0) is 47.8 Å². The van der Waals surface area contributed by atoms with E-state index in [2.05, 4.69) is 6.58 Å². The fourth-order valence-corrected chi connectivity index (χ4v) is 6.29. The molecule has 0 radical (unpaired) electrons. The highest BCUT2D eigenvalue weighted by atomic mass is 16.1. The second kappa shape index (κ2) is 1.64. The van der Waals surface area contributed by atoms with Crippen LogP contribution in [0.25, 0.3) is 0 Å². The number of fused-ring (bicyclic) bond motifs is 2. The van der Waals surface area contributed by atoms with Crippen LogP contribution in [0.3, 0.4) is 0 Å². The molecule has 0 aromatic heterocycles. The van der Waals surface area contributed by atoms with E-state index in [0.717, 1.165) is 41.9 Å². The van der Waals surface area contributed by atoms with Gasteiger partial charge in [-0.25, -0.2) is 0 Å². The average molecular weight is 186 g/mol. The van der Waals surface area contributed by atoms with Gasteiger partial charge in [0.05, 0.1) is 0 Å². The van der Waals surface area contributed by atoms with E-state index in [4.69, 9.17) is 0 Å². The first-order chi connectivity index (χ1) is 6.79. The fourth-order valence-electron chi connectivity index (χ4n) is 6.29. The quantitative estimate of drug-likeness (QED) is 0.528. The maximum absolute atomic E-state index is 12.0. The molecule has 0 N–H and O–H groups in total. The highest BCUT2D eigenvalue weighted by Crippen LogP contribution is 2.80. The maximum Gasteiger partial charge on any atom is 0.137 e. The van der Waals surface area contributed by atoms with Crippen LogP contribution in [-0.4, -0.2) is 5.78 Å². The highest BCUT2D eigenvalue weighted by molar-refractivity contribution is 5.86. The lowest BCUT2D eigenvalue weighted by Crippen LogP contribution is -2.54. The van der Waals surface area contributed by atoms with Gasteiger partial charge in [-0.2, -0.15) is 0 Å². The molecule has 0 spiro atoms. The molecule has 0 aliphatic heterocycles. The summed E-state index contributed by atoms with van der Waals surface area (Å²) in [6.45, 7) is 4.32. The summed E-state index contributed by atoms with van der Waals surface area (Å²) >= 11 is 0. The van der Waals surface area contributed by atoms with Crippen molar-refractivity contribution < 1.29 is 4.79 Å². The van der Waals surface area contributed by atoms with Gasteiger partial charge in [-0.1, -0.05) is 12.2 Å². The van der Waals surface area contributed by atoms with Gasteiger partial charge in [0.2, 0.25) is 0 Å². The van der Waals surface area contributed by atoms with Crippen LogP contribution in [0.15, 0.2) is 12.2 Å². The minimum absolute atomic E-state index is 0.450. The normalized spacial score (nSPS) is 70.6. The number of rotatable bonds is 0. The molecule has 5 rings (SSSR count). The van der Waals surface area contributed by atoms with Crippen molar-refractivity contribution in [2.24, 2.45) is 47.3 Å². The summed E-state index contributed by atoms with van der Waals surface area (Å²) < 4.78 is 0. The van der Waals surface area contributed by atoms with Crippen LogP contribution in [0.1, 0.15) is 12.8 Å². The number of Topliss-reactive ketones (excluding diaryl/α,β-unsaturated/α-hetero) is 1. The van der Waals surface area contributed by atoms with E-state index < -0.39 is 0 Å². The van der Waals surface area contributed by atoms with Crippen molar-refractivity contribution >= 4 is 5.78 Å². The van der Waals surface area contributed by atoms with Gasteiger partial charge in [0.25, 0.3) is 0 Å². The van der Waals surface area contributed by atoms with Crippen LogP contribution in [0.2, 0.25) is 0 Å². The molecule has 5 fully saturated rings. The van der Waals surface area contributed by atoms with E-state index in [9.17, 15) is 4.79 Å². The van der Waals surface area contributed by atoms with Gasteiger partial charge >= 0.3 is 0 Å². The molecule has 0 saturated heterocycles. The van der Waals surface area contributed by atoms with E-state index >= 15 is 0 Å². The highest BCUT2D eigenvalue weighted by Gasteiger charge is 2.77. The first-order valence-electron chi connectivity index (χ1n) is 6.00. The summed E-state index contributed by atoms with van der Waals surface area (Å²) in [5.74, 6) is 6.88. The summed E-state index contributed by atoms with van der Waals surface area (Å²) in [5, 5.41) is 0. The van der Waals surface area contributed by atoms with Crippen molar-refractivity contribution in [1.29, 1.82) is 0 Å². The lowest BCUT2D eigenvalue weighted by atomic mass is 9.50. The smallest absolute Gasteiger partial charge is 0.137 e. The van der Waals surface area contributed by atoms with Crippen molar-refractivity contribution in [1.82, 2.24) is 0 Å². The molecule has 0 aromatic carbocycles. The first kappa shape index (κ1) is 6.81. The topological polar surface area (TPSA) is 17.1 Å². The van der Waals surface area contributed by atoms with Crippen molar-refractivity contribution in [2.45, 2.75) is 12.8 Å². The molecule has 5 saturated carbocycles. The van der Waals surface area contributed by atoms with Gasteiger partial charge in [0.1, 0.15) is 5.78 Å². The third-order valence-electron chi connectivity index (χ3n) is 6.33. The molecule has 5 aliphatic rings. The summed E-state index contributed by atoms with van der Waals surface area (Å²) in [4.78, 5) is 12.0. The fraction of sp³-hybridized carbons (Fsp3) is 0.769. The number of carbonyl (C=O) groups excluding carboxylic acids is 1. The molecule has 1 nitrogen and oxygen atoms in total. The minimum Gasteiger partial charge on any atom is -0.299 e. The van der Waals surface area contributed by atoms with Gasteiger partial charge in [0.15, 0.2) is 0 Å². The average Bonchev–Trinajstić information content (AvgIpc) is 2.54. The van der Waals surface area contributed by atoms with E-state index in [1.54, 1.807) is 0 Å². The molecule has 0 heterocycles. The summed E-state index contributed by atoms with van der Waals surface area (Å²) in [6.07, 6.45) is 2.36. The van der Waals surface area contributed by atoms with Crippen LogP contribution in [0.4, 0.5) is 0 Å². The molecule has 1 heteroatoms. The molecule has 2 bridgehead atoms. The Bertz CT molecular complexity index is 396. The van der Waals surface area contributed by atoms with Crippen molar-refractivity contribution in [3.8, 4) is 0 Å². The number of carbonyl (C=O) groups is 1. The van der Waals surface area contributed by atoms with Gasteiger partial charge < -0.3 is 0 Å². The Morgan fingerprint density at radius 1 is 1.00 bits per heavy atom. The molecule has 14 heavy (non-hydrogen) atoms. The number of ketones is 1. The van der Waals surface area contributed by atoms with Crippen LogP contribution >= 0.6 is 0 Å². The summed E-state index contributed by atoms with van der Waals surface area (Å²) in [7, 11) is 0. The third-order valence-corrected chi connectivity index (χ3v) is 6.33. The van der Waals surface area contributed by atoms with Crippen molar-refractivity contribution in [3.63, 3.8) is 0 Å². The molecular formula is C13H14O. The molecule has 5 aliphatic carbocycles. The number of allylic oxidation sites excluding steroid dienone is 1. The Kier molecular flexibility index (Phi) is 0.797. The Morgan fingerprint density at radius 2 is 1.79 bits per heavy atom. The minimum atomic E-state index is 0.450. The predicted molar refractivity (Wildman–Crippen MR) is 51.3 cm³/mol. The summed E-state index contributed by atoms with van der Waals surface area (Å²) in [6, 6.07) is 0. The largest absolute Gasteiger partial charge is 0.299 e. The molecule has 72 valence electrons. The molecular weight excluding hydrogens is 172 g/mol. The molecule has 0 amide bonds. The van der Waals surface area contributed by atoms with Crippen LogP contribution in [0.5, 0.6) is 0 Å². The zero-order valence-corrected chi connectivity index (χ0v) is 8.15. The van der Waals surface area contributed by atoms with Crippen LogP contribution < -0.4 is 0 Å². The maximum atomic E-state index is 12.0. The van der Waals surface area contributed by atoms with E-state index in [0.29, 0.717) is 17.6 Å². The van der Waals surface area contributed by atoms with E-state index in [-0.39, 0.29) is 0 Å². The van der Waals surface area contributed by atoms with Crippen molar-refractivity contribution in [2.75, 3.05) is 0 Å². The van der Waals surface area contributed by atoms with E-state index in [1.165, 1.54) is 12.0 Å². The van der Waals surface area contributed by atoms with Gasteiger partial charge in [0, 0.05) is 12.3 Å². The number of hydrogen-bond donors (Lipinski definition) is 0. The lowest BCUT2D eigenvalue weighted by molar-refractivity contribution is -0.147. The SMILES string of the molecule is C=C1C2C3CC(=O)C4C1C1C2CC3C41. The number of hydrogen-bond acceptors (Lipinski definition) is 1. The Labute approximate surface area is 83.6 Å². The molecule has 8 atom stereocenters. The van der Waals surface area contributed by atoms with Crippen molar-refractivity contribution in [3.05, 3.63) is 12.2 Å². The Balaban J connectivity index is 1.85. The molecule has 8 unspecified atom stereocenters.